The fourth-order valence-corrected chi connectivity index (χ4v) is 2.18. The first-order valence-electron chi connectivity index (χ1n) is 5.31. The van der Waals surface area contributed by atoms with Crippen molar-refractivity contribution in [2.45, 2.75) is 39.7 Å². The molecular formula is C10H21N3. The average molecular weight is 183 g/mol. The highest BCUT2D eigenvalue weighted by Crippen LogP contribution is 2.22. The number of guanidine groups is 1. The third-order valence-corrected chi connectivity index (χ3v) is 3.07. The van der Waals surface area contributed by atoms with Crippen LogP contribution in [0, 0.1) is 5.92 Å². The molecule has 0 aliphatic carbocycles. The van der Waals surface area contributed by atoms with Gasteiger partial charge in [0.1, 0.15) is 0 Å². The summed E-state index contributed by atoms with van der Waals surface area (Å²) in [5.41, 5.74) is 5.80. The molecule has 1 heterocycles. The topological polar surface area (TPSA) is 41.6 Å². The molecule has 13 heavy (non-hydrogen) atoms. The van der Waals surface area contributed by atoms with Crippen molar-refractivity contribution in [3.63, 3.8) is 0 Å². The van der Waals surface area contributed by atoms with Crippen LogP contribution in [-0.2, 0) is 0 Å². The standard InChI is InChI=1S/C10H21N3/c1-4-8(5-2)9-7-12-10(11)13(9)6-3/h8-9H,4-7H2,1-3H3,(H2,11,12). The van der Waals surface area contributed by atoms with Gasteiger partial charge in [-0.2, -0.15) is 0 Å². The van der Waals surface area contributed by atoms with E-state index < -0.39 is 0 Å². The third kappa shape index (κ3) is 1.95. The smallest absolute Gasteiger partial charge is 0.191 e. The van der Waals surface area contributed by atoms with Crippen molar-refractivity contribution in [1.29, 1.82) is 0 Å². The van der Waals surface area contributed by atoms with Crippen molar-refractivity contribution in [1.82, 2.24) is 4.90 Å². The van der Waals surface area contributed by atoms with E-state index in [-0.39, 0.29) is 0 Å². The number of nitrogens with zero attached hydrogens (tertiary/aromatic N) is 2. The molecule has 1 atom stereocenters. The van der Waals surface area contributed by atoms with Gasteiger partial charge in [0, 0.05) is 6.54 Å². The molecule has 0 spiro atoms. The Morgan fingerprint density at radius 1 is 1.46 bits per heavy atom. The van der Waals surface area contributed by atoms with Crippen molar-refractivity contribution >= 4 is 5.96 Å². The number of likely N-dealkylation sites (N-methyl/N-ethyl adjacent to an activating group) is 1. The normalized spacial score (nSPS) is 22.6. The second-order valence-electron chi connectivity index (χ2n) is 3.63. The molecule has 0 saturated carbocycles. The van der Waals surface area contributed by atoms with E-state index in [2.05, 4.69) is 30.7 Å². The van der Waals surface area contributed by atoms with E-state index >= 15 is 0 Å². The van der Waals surface area contributed by atoms with Crippen LogP contribution in [0.4, 0.5) is 0 Å². The first-order chi connectivity index (χ1) is 6.24. The van der Waals surface area contributed by atoms with E-state index in [1.54, 1.807) is 0 Å². The van der Waals surface area contributed by atoms with Gasteiger partial charge in [-0.15, -0.1) is 0 Å². The van der Waals surface area contributed by atoms with Gasteiger partial charge in [0.2, 0.25) is 0 Å². The van der Waals surface area contributed by atoms with Crippen LogP contribution in [0.25, 0.3) is 0 Å². The monoisotopic (exact) mass is 183 g/mol. The van der Waals surface area contributed by atoms with Crippen molar-refractivity contribution in [2.75, 3.05) is 13.1 Å². The van der Waals surface area contributed by atoms with Gasteiger partial charge in [-0.25, -0.2) is 0 Å². The molecule has 3 heteroatoms. The highest BCUT2D eigenvalue weighted by atomic mass is 15.3. The van der Waals surface area contributed by atoms with Crippen LogP contribution in [0.2, 0.25) is 0 Å². The Morgan fingerprint density at radius 2 is 2.08 bits per heavy atom. The van der Waals surface area contributed by atoms with Crippen LogP contribution < -0.4 is 5.73 Å². The Morgan fingerprint density at radius 3 is 2.54 bits per heavy atom. The molecule has 1 rings (SSSR count). The third-order valence-electron chi connectivity index (χ3n) is 3.07. The van der Waals surface area contributed by atoms with Gasteiger partial charge in [-0.1, -0.05) is 26.7 Å². The molecule has 0 aromatic carbocycles. The Labute approximate surface area is 81.0 Å². The van der Waals surface area contributed by atoms with Gasteiger partial charge in [-0.05, 0) is 12.8 Å². The largest absolute Gasteiger partial charge is 0.370 e. The van der Waals surface area contributed by atoms with Crippen LogP contribution in [0.3, 0.4) is 0 Å². The molecule has 1 aliphatic rings. The Bertz CT molecular complexity index is 185. The zero-order valence-electron chi connectivity index (χ0n) is 8.95. The Balaban J connectivity index is 2.61. The lowest BCUT2D eigenvalue weighted by Crippen LogP contribution is -2.44. The minimum absolute atomic E-state index is 0.556. The Kier molecular flexibility index (Phi) is 3.58. The lowest BCUT2D eigenvalue weighted by Gasteiger charge is -2.30. The lowest BCUT2D eigenvalue weighted by molar-refractivity contribution is 0.246. The fourth-order valence-electron chi connectivity index (χ4n) is 2.18. The fraction of sp³-hybridized carbons (Fsp3) is 0.900. The van der Waals surface area contributed by atoms with E-state index in [0.29, 0.717) is 6.04 Å². The molecule has 0 bridgehead atoms. The number of aliphatic imine (C=N–C) groups is 1. The summed E-state index contributed by atoms with van der Waals surface area (Å²) in [6, 6.07) is 0.556. The maximum Gasteiger partial charge on any atom is 0.191 e. The van der Waals surface area contributed by atoms with Gasteiger partial charge in [0.15, 0.2) is 5.96 Å². The Hall–Kier alpha value is -0.730. The second-order valence-corrected chi connectivity index (χ2v) is 3.63. The number of rotatable bonds is 4. The molecule has 0 amide bonds. The van der Waals surface area contributed by atoms with E-state index in [4.69, 9.17) is 5.73 Å². The molecule has 76 valence electrons. The number of hydrogen-bond donors (Lipinski definition) is 1. The summed E-state index contributed by atoms with van der Waals surface area (Å²) in [5.74, 6) is 1.48. The SMILES string of the molecule is CCC(CC)C1CN=C(N)N1CC. The first kappa shape index (κ1) is 10.4. The van der Waals surface area contributed by atoms with Crippen LogP contribution in [-0.4, -0.2) is 30.0 Å². The average Bonchev–Trinajstić information content (AvgIpc) is 2.50. The van der Waals surface area contributed by atoms with Gasteiger partial charge in [0.25, 0.3) is 0 Å². The summed E-state index contributed by atoms with van der Waals surface area (Å²) in [4.78, 5) is 6.54. The van der Waals surface area contributed by atoms with E-state index in [9.17, 15) is 0 Å². The molecule has 3 nitrogen and oxygen atoms in total. The van der Waals surface area contributed by atoms with E-state index in [1.807, 2.05) is 0 Å². The van der Waals surface area contributed by atoms with Gasteiger partial charge in [0.05, 0.1) is 12.6 Å². The van der Waals surface area contributed by atoms with E-state index in [1.165, 1.54) is 12.8 Å². The molecule has 0 aromatic rings. The maximum atomic E-state index is 5.80. The van der Waals surface area contributed by atoms with Crippen LogP contribution in [0.15, 0.2) is 4.99 Å². The predicted octanol–water partition coefficient (Wildman–Crippen LogP) is 1.44. The summed E-state index contributed by atoms with van der Waals surface area (Å²) in [5, 5.41) is 0. The molecule has 0 saturated heterocycles. The molecule has 0 fully saturated rings. The van der Waals surface area contributed by atoms with Crippen molar-refractivity contribution < 1.29 is 0 Å². The summed E-state index contributed by atoms with van der Waals surface area (Å²) in [6.07, 6.45) is 2.45. The zero-order valence-corrected chi connectivity index (χ0v) is 8.95. The van der Waals surface area contributed by atoms with Crippen molar-refractivity contribution in [2.24, 2.45) is 16.6 Å². The summed E-state index contributed by atoms with van der Waals surface area (Å²) >= 11 is 0. The molecule has 0 aromatic heterocycles. The summed E-state index contributed by atoms with van der Waals surface area (Å²) < 4.78 is 0. The van der Waals surface area contributed by atoms with Gasteiger partial charge in [-0.3, -0.25) is 4.99 Å². The molecule has 2 N–H and O–H groups in total. The van der Waals surface area contributed by atoms with Crippen molar-refractivity contribution in [3.05, 3.63) is 0 Å². The minimum Gasteiger partial charge on any atom is -0.370 e. The van der Waals surface area contributed by atoms with E-state index in [0.717, 1.165) is 25.0 Å². The predicted molar refractivity (Wildman–Crippen MR) is 56.7 cm³/mol. The highest BCUT2D eigenvalue weighted by molar-refractivity contribution is 5.80. The van der Waals surface area contributed by atoms with Gasteiger partial charge < -0.3 is 10.6 Å². The number of nitrogens with two attached hydrogens (primary N) is 1. The lowest BCUT2D eigenvalue weighted by atomic mass is 9.93. The van der Waals surface area contributed by atoms with Gasteiger partial charge >= 0.3 is 0 Å². The molecular weight excluding hydrogens is 162 g/mol. The van der Waals surface area contributed by atoms with Crippen molar-refractivity contribution in [3.8, 4) is 0 Å². The van der Waals surface area contributed by atoms with Crippen LogP contribution in [0.5, 0.6) is 0 Å². The molecule has 1 unspecified atom stereocenters. The summed E-state index contributed by atoms with van der Waals surface area (Å²) in [6.45, 7) is 8.51. The molecule has 1 aliphatic heterocycles. The maximum absolute atomic E-state index is 5.80. The highest BCUT2D eigenvalue weighted by Gasteiger charge is 2.29. The minimum atomic E-state index is 0.556. The zero-order chi connectivity index (χ0) is 9.84. The quantitative estimate of drug-likeness (QED) is 0.716. The second kappa shape index (κ2) is 4.49. The van der Waals surface area contributed by atoms with Crippen LogP contribution in [0.1, 0.15) is 33.6 Å². The number of hydrogen-bond acceptors (Lipinski definition) is 3. The first-order valence-corrected chi connectivity index (χ1v) is 5.31. The van der Waals surface area contributed by atoms with Crippen LogP contribution >= 0.6 is 0 Å². The molecule has 0 radical (unpaired) electrons. The summed E-state index contributed by atoms with van der Waals surface area (Å²) in [7, 11) is 0.